The van der Waals surface area contributed by atoms with E-state index in [0.29, 0.717) is 12.8 Å². The Kier molecular flexibility index (Phi) is 1.27. The lowest BCUT2D eigenvalue weighted by Gasteiger charge is -2.42. The van der Waals surface area contributed by atoms with Crippen LogP contribution in [0, 0.1) is 11.3 Å². The van der Waals surface area contributed by atoms with Crippen molar-refractivity contribution in [2.24, 2.45) is 11.3 Å². The lowest BCUT2D eigenvalue weighted by Crippen LogP contribution is -2.46. The van der Waals surface area contributed by atoms with E-state index in [2.05, 4.69) is 0 Å². The molecular weight excluding hydrogens is 144 g/mol. The van der Waals surface area contributed by atoms with Gasteiger partial charge in [0.15, 0.2) is 0 Å². The van der Waals surface area contributed by atoms with Crippen LogP contribution >= 0.6 is 0 Å². The van der Waals surface area contributed by atoms with Gasteiger partial charge in [-0.3, -0.25) is 4.79 Å². The highest BCUT2D eigenvalue weighted by Gasteiger charge is 2.59. The molecule has 2 rings (SSSR count). The third-order valence-corrected chi connectivity index (χ3v) is 3.39. The predicted molar refractivity (Wildman–Crippen MR) is 38.0 cm³/mol. The summed E-state index contributed by atoms with van der Waals surface area (Å²) >= 11 is 0. The van der Waals surface area contributed by atoms with E-state index in [4.69, 9.17) is 5.11 Å². The molecule has 2 saturated carbocycles. The molecular formula is C8H12O3. The summed E-state index contributed by atoms with van der Waals surface area (Å²) in [5.74, 6) is -0.648. The standard InChI is InChI=1S/C8H12O3/c9-6-2-4-8(7(10)11)3-1-5(6)8/h5-6,9H,1-4H2,(H,10,11)/t5-,6+,8-/m0/s1. The molecule has 2 aliphatic carbocycles. The average molecular weight is 156 g/mol. The third-order valence-electron chi connectivity index (χ3n) is 3.39. The van der Waals surface area contributed by atoms with Gasteiger partial charge in [0.1, 0.15) is 0 Å². The first-order valence-corrected chi connectivity index (χ1v) is 4.08. The van der Waals surface area contributed by atoms with Crippen molar-refractivity contribution in [3.05, 3.63) is 0 Å². The molecule has 0 heterocycles. The second-order valence-corrected chi connectivity index (χ2v) is 3.71. The molecule has 2 N–H and O–H groups in total. The summed E-state index contributed by atoms with van der Waals surface area (Å²) in [6.45, 7) is 0. The van der Waals surface area contributed by atoms with Gasteiger partial charge in [-0.05, 0) is 25.7 Å². The number of carboxylic acid groups (broad SMARTS) is 1. The summed E-state index contributed by atoms with van der Waals surface area (Å²) in [4.78, 5) is 10.8. The number of aliphatic hydroxyl groups excluding tert-OH is 1. The van der Waals surface area contributed by atoms with E-state index in [1.54, 1.807) is 0 Å². The monoisotopic (exact) mass is 156 g/mol. The van der Waals surface area contributed by atoms with Crippen LogP contribution in [0.3, 0.4) is 0 Å². The van der Waals surface area contributed by atoms with Crippen LogP contribution in [0.15, 0.2) is 0 Å². The molecule has 2 aliphatic rings. The van der Waals surface area contributed by atoms with Crippen molar-refractivity contribution < 1.29 is 15.0 Å². The first-order valence-electron chi connectivity index (χ1n) is 4.08. The Morgan fingerprint density at radius 3 is 2.27 bits per heavy atom. The molecule has 0 bridgehead atoms. The summed E-state index contributed by atoms with van der Waals surface area (Å²) in [5.41, 5.74) is -0.528. The molecule has 0 saturated heterocycles. The Morgan fingerprint density at radius 2 is 2.00 bits per heavy atom. The van der Waals surface area contributed by atoms with Crippen LogP contribution in [-0.4, -0.2) is 22.3 Å². The molecule has 2 fully saturated rings. The lowest BCUT2D eigenvalue weighted by molar-refractivity contribution is -0.161. The fourth-order valence-corrected chi connectivity index (χ4v) is 2.51. The highest BCUT2D eigenvalue weighted by atomic mass is 16.4. The number of aliphatic hydroxyl groups is 1. The molecule has 0 amide bonds. The van der Waals surface area contributed by atoms with E-state index in [0.717, 1.165) is 12.8 Å². The minimum Gasteiger partial charge on any atom is -0.481 e. The molecule has 0 radical (unpaired) electrons. The van der Waals surface area contributed by atoms with Crippen LogP contribution in [0.5, 0.6) is 0 Å². The number of hydrogen-bond donors (Lipinski definition) is 2. The van der Waals surface area contributed by atoms with Gasteiger partial charge in [-0.25, -0.2) is 0 Å². The van der Waals surface area contributed by atoms with Crippen LogP contribution in [0.4, 0.5) is 0 Å². The van der Waals surface area contributed by atoms with Gasteiger partial charge in [-0.2, -0.15) is 0 Å². The van der Waals surface area contributed by atoms with Crippen molar-refractivity contribution in [3.63, 3.8) is 0 Å². The fourth-order valence-electron chi connectivity index (χ4n) is 2.51. The molecule has 3 nitrogen and oxygen atoms in total. The zero-order valence-electron chi connectivity index (χ0n) is 6.29. The van der Waals surface area contributed by atoms with Crippen molar-refractivity contribution in [3.8, 4) is 0 Å². The highest BCUT2D eigenvalue weighted by Crippen LogP contribution is 2.57. The SMILES string of the molecule is O=C(O)[C@@]12CC[C@@H](O)[C@@H]1CC2. The number of carboxylic acids is 1. The molecule has 62 valence electrons. The second kappa shape index (κ2) is 1.97. The Hall–Kier alpha value is -0.570. The fraction of sp³-hybridized carbons (Fsp3) is 0.875. The number of carbonyl (C=O) groups is 1. The van der Waals surface area contributed by atoms with Gasteiger partial charge < -0.3 is 10.2 Å². The van der Waals surface area contributed by atoms with Crippen LogP contribution < -0.4 is 0 Å². The van der Waals surface area contributed by atoms with E-state index >= 15 is 0 Å². The van der Waals surface area contributed by atoms with E-state index in [1.807, 2.05) is 0 Å². The van der Waals surface area contributed by atoms with Crippen molar-refractivity contribution in [1.29, 1.82) is 0 Å². The maximum atomic E-state index is 10.8. The summed E-state index contributed by atoms with van der Waals surface area (Å²) in [5, 5.41) is 18.3. The van der Waals surface area contributed by atoms with E-state index in [9.17, 15) is 9.90 Å². The molecule has 0 spiro atoms. The minimum atomic E-state index is -0.703. The molecule has 0 aromatic rings. The quantitative estimate of drug-likeness (QED) is 0.585. The van der Waals surface area contributed by atoms with Gasteiger partial charge in [-0.1, -0.05) is 0 Å². The zero-order valence-corrected chi connectivity index (χ0v) is 6.29. The van der Waals surface area contributed by atoms with Gasteiger partial charge in [0.2, 0.25) is 0 Å². The van der Waals surface area contributed by atoms with Crippen LogP contribution in [0.2, 0.25) is 0 Å². The van der Waals surface area contributed by atoms with Crippen molar-refractivity contribution in [1.82, 2.24) is 0 Å². The zero-order chi connectivity index (χ0) is 8.06. The van der Waals surface area contributed by atoms with Gasteiger partial charge in [0.05, 0.1) is 11.5 Å². The molecule has 0 aromatic heterocycles. The van der Waals surface area contributed by atoms with Gasteiger partial charge in [-0.15, -0.1) is 0 Å². The summed E-state index contributed by atoms with van der Waals surface area (Å²) in [7, 11) is 0. The summed E-state index contributed by atoms with van der Waals surface area (Å²) < 4.78 is 0. The van der Waals surface area contributed by atoms with Crippen LogP contribution in [0.1, 0.15) is 25.7 Å². The number of aliphatic carboxylic acids is 1. The second-order valence-electron chi connectivity index (χ2n) is 3.71. The van der Waals surface area contributed by atoms with Crippen LogP contribution in [0.25, 0.3) is 0 Å². The highest BCUT2D eigenvalue weighted by molar-refractivity contribution is 5.77. The molecule has 3 heteroatoms. The van der Waals surface area contributed by atoms with Crippen molar-refractivity contribution in [2.45, 2.75) is 31.8 Å². The normalized spacial score (nSPS) is 48.1. The Morgan fingerprint density at radius 1 is 1.36 bits per heavy atom. The summed E-state index contributed by atoms with van der Waals surface area (Å²) in [6, 6.07) is 0. The van der Waals surface area contributed by atoms with Gasteiger partial charge >= 0.3 is 5.97 Å². The Labute approximate surface area is 65.0 Å². The van der Waals surface area contributed by atoms with E-state index in [-0.39, 0.29) is 12.0 Å². The first kappa shape index (κ1) is 7.10. The predicted octanol–water partition coefficient (Wildman–Crippen LogP) is 0.622. The largest absolute Gasteiger partial charge is 0.481 e. The number of rotatable bonds is 1. The first-order chi connectivity index (χ1) is 5.17. The summed E-state index contributed by atoms with van der Waals surface area (Å²) in [6.07, 6.45) is 2.67. The average Bonchev–Trinajstić information content (AvgIpc) is 2.04. The topological polar surface area (TPSA) is 57.5 Å². The van der Waals surface area contributed by atoms with Crippen molar-refractivity contribution >= 4 is 5.97 Å². The van der Waals surface area contributed by atoms with Crippen molar-refractivity contribution in [2.75, 3.05) is 0 Å². The molecule has 3 atom stereocenters. The van der Waals surface area contributed by atoms with E-state index in [1.165, 1.54) is 0 Å². The smallest absolute Gasteiger partial charge is 0.310 e. The van der Waals surface area contributed by atoms with Crippen LogP contribution in [-0.2, 0) is 4.79 Å². The lowest BCUT2D eigenvalue weighted by atomic mass is 9.61. The molecule has 0 unspecified atom stereocenters. The molecule has 0 aliphatic heterocycles. The maximum Gasteiger partial charge on any atom is 0.310 e. The van der Waals surface area contributed by atoms with E-state index < -0.39 is 11.4 Å². The molecule has 11 heavy (non-hydrogen) atoms. The Bertz CT molecular complexity index is 202. The third kappa shape index (κ3) is 0.692. The number of fused-ring (bicyclic) bond motifs is 1. The van der Waals surface area contributed by atoms with Gasteiger partial charge in [0.25, 0.3) is 0 Å². The van der Waals surface area contributed by atoms with Gasteiger partial charge in [0, 0.05) is 5.92 Å². The Balaban J connectivity index is 2.22. The minimum absolute atomic E-state index is 0.0556. The maximum absolute atomic E-state index is 10.8. The number of hydrogen-bond acceptors (Lipinski definition) is 2. The molecule has 0 aromatic carbocycles.